The molecule has 1 aromatic rings. The Labute approximate surface area is 121 Å². The van der Waals surface area contributed by atoms with Gasteiger partial charge in [0.1, 0.15) is 6.04 Å². The number of hydrogen-bond acceptors (Lipinski definition) is 5. The summed E-state index contributed by atoms with van der Waals surface area (Å²) >= 11 is 0. The molecule has 1 saturated heterocycles. The Morgan fingerprint density at radius 3 is 2.71 bits per heavy atom. The van der Waals surface area contributed by atoms with Crippen molar-refractivity contribution < 1.29 is 23.2 Å². The van der Waals surface area contributed by atoms with E-state index < -0.39 is 27.0 Å². The summed E-state index contributed by atoms with van der Waals surface area (Å²) in [4.78, 5) is 21.0. The lowest BCUT2D eigenvalue weighted by Gasteiger charge is -2.21. The second-order valence-electron chi connectivity index (χ2n) is 4.82. The van der Waals surface area contributed by atoms with Gasteiger partial charge >= 0.3 is 5.97 Å². The molecule has 1 aromatic carbocycles. The highest BCUT2D eigenvalue weighted by Crippen LogP contribution is 2.30. The van der Waals surface area contributed by atoms with E-state index in [9.17, 15) is 23.3 Å². The van der Waals surface area contributed by atoms with E-state index >= 15 is 0 Å². The normalized spacial score (nSPS) is 19.6. The predicted octanol–water partition coefficient (Wildman–Crippen LogP) is 1.14. The zero-order valence-corrected chi connectivity index (χ0v) is 12.0. The fraction of sp³-hybridized carbons (Fsp3) is 0.417. The smallest absolute Gasteiger partial charge is 0.322 e. The number of rotatable bonds is 4. The molecule has 8 nitrogen and oxygen atoms in total. The molecular weight excluding hydrogens is 300 g/mol. The van der Waals surface area contributed by atoms with Crippen LogP contribution in [0.15, 0.2) is 23.1 Å². The molecule has 1 aliphatic rings. The minimum Gasteiger partial charge on any atom is -0.480 e. The molecule has 1 aliphatic heterocycles. The molecule has 1 atom stereocenters. The standard InChI is InChI=1S/C12H14N2O6S/c1-8-4-5-9(14(17)18)7-11(8)21(19,20)13-6-2-3-10(13)12(15)16/h4-5,7,10H,2-3,6H2,1H3,(H,15,16)/t10-/m0/s1. The van der Waals surface area contributed by atoms with Gasteiger partial charge in [0.2, 0.25) is 10.0 Å². The van der Waals surface area contributed by atoms with Crippen LogP contribution in [0.4, 0.5) is 5.69 Å². The largest absolute Gasteiger partial charge is 0.480 e. The highest BCUT2D eigenvalue weighted by Gasteiger charge is 2.40. The van der Waals surface area contributed by atoms with Crippen LogP contribution in [0.1, 0.15) is 18.4 Å². The van der Waals surface area contributed by atoms with Gasteiger partial charge in [-0.15, -0.1) is 0 Å². The summed E-state index contributed by atoms with van der Waals surface area (Å²) in [5.41, 5.74) is 0.00175. The highest BCUT2D eigenvalue weighted by atomic mass is 32.2. The zero-order valence-electron chi connectivity index (χ0n) is 11.2. The molecule has 1 N–H and O–H groups in total. The maximum Gasteiger partial charge on any atom is 0.322 e. The second kappa shape index (κ2) is 5.41. The van der Waals surface area contributed by atoms with E-state index in [4.69, 9.17) is 5.11 Å². The zero-order chi connectivity index (χ0) is 15.8. The number of sulfonamides is 1. The average molecular weight is 314 g/mol. The Kier molecular flexibility index (Phi) is 3.97. The number of hydrogen-bond donors (Lipinski definition) is 1. The molecule has 0 saturated carbocycles. The van der Waals surface area contributed by atoms with Crippen LogP contribution in [0, 0.1) is 17.0 Å². The first-order valence-electron chi connectivity index (χ1n) is 6.25. The molecular formula is C12H14N2O6S. The number of nitro groups is 1. The molecule has 0 unspecified atom stereocenters. The molecule has 0 radical (unpaired) electrons. The van der Waals surface area contributed by atoms with Gasteiger partial charge in [-0.25, -0.2) is 8.42 Å². The number of nitro benzene ring substituents is 1. The van der Waals surface area contributed by atoms with E-state index in [1.54, 1.807) is 0 Å². The SMILES string of the molecule is Cc1ccc([N+](=O)[O-])cc1S(=O)(=O)N1CCC[C@H]1C(=O)O. The van der Waals surface area contributed by atoms with E-state index in [0.29, 0.717) is 12.0 Å². The molecule has 0 amide bonds. The number of non-ortho nitro benzene ring substituents is 1. The fourth-order valence-corrected chi connectivity index (χ4v) is 4.28. The Hall–Kier alpha value is -2.00. The topological polar surface area (TPSA) is 118 Å². The van der Waals surface area contributed by atoms with Crippen LogP contribution in [0.5, 0.6) is 0 Å². The number of carboxylic acid groups (broad SMARTS) is 1. The highest BCUT2D eigenvalue weighted by molar-refractivity contribution is 7.89. The number of nitrogens with zero attached hydrogens (tertiary/aromatic N) is 2. The van der Waals surface area contributed by atoms with Crippen molar-refractivity contribution in [3.63, 3.8) is 0 Å². The molecule has 1 heterocycles. The van der Waals surface area contributed by atoms with Crippen molar-refractivity contribution in [1.82, 2.24) is 4.31 Å². The maximum absolute atomic E-state index is 12.6. The van der Waals surface area contributed by atoms with Crippen LogP contribution in [0.2, 0.25) is 0 Å². The summed E-state index contributed by atoms with van der Waals surface area (Å²) in [5.74, 6) is -1.21. The number of benzene rings is 1. The summed E-state index contributed by atoms with van der Waals surface area (Å²) in [6.45, 7) is 1.61. The van der Waals surface area contributed by atoms with Crippen molar-refractivity contribution >= 4 is 21.7 Å². The number of carbonyl (C=O) groups is 1. The Morgan fingerprint density at radius 1 is 1.48 bits per heavy atom. The third kappa shape index (κ3) is 2.74. The van der Waals surface area contributed by atoms with Crippen LogP contribution in [0.25, 0.3) is 0 Å². The van der Waals surface area contributed by atoms with Crippen molar-refractivity contribution in [1.29, 1.82) is 0 Å². The summed E-state index contributed by atoms with van der Waals surface area (Å²) in [7, 11) is -4.07. The van der Waals surface area contributed by atoms with E-state index in [-0.39, 0.29) is 23.5 Å². The molecule has 0 aliphatic carbocycles. The van der Waals surface area contributed by atoms with Crippen molar-refractivity contribution in [3.05, 3.63) is 33.9 Å². The summed E-state index contributed by atoms with van der Waals surface area (Å²) in [6.07, 6.45) is 0.687. The molecule has 9 heteroatoms. The Balaban J connectivity index is 2.51. The van der Waals surface area contributed by atoms with Crippen LogP contribution < -0.4 is 0 Å². The maximum atomic E-state index is 12.6. The quantitative estimate of drug-likeness (QED) is 0.657. The molecule has 0 bridgehead atoms. The van der Waals surface area contributed by atoms with Gasteiger partial charge in [0.15, 0.2) is 0 Å². The minimum absolute atomic E-state index is 0.0986. The lowest BCUT2D eigenvalue weighted by molar-refractivity contribution is -0.385. The molecule has 1 fully saturated rings. The van der Waals surface area contributed by atoms with Gasteiger partial charge in [-0.05, 0) is 25.3 Å². The van der Waals surface area contributed by atoms with Gasteiger partial charge in [0.25, 0.3) is 5.69 Å². The first-order valence-corrected chi connectivity index (χ1v) is 7.69. The van der Waals surface area contributed by atoms with Crippen LogP contribution in [-0.2, 0) is 14.8 Å². The average Bonchev–Trinajstić information content (AvgIpc) is 2.88. The molecule has 0 spiro atoms. The minimum atomic E-state index is -4.07. The number of aliphatic carboxylic acids is 1. The molecule has 21 heavy (non-hydrogen) atoms. The van der Waals surface area contributed by atoms with Crippen LogP contribution in [0.3, 0.4) is 0 Å². The summed E-state index contributed by atoms with van der Waals surface area (Å²) < 4.78 is 26.1. The van der Waals surface area contributed by atoms with E-state index in [2.05, 4.69) is 0 Å². The monoisotopic (exact) mass is 314 g/mol. The van der Waals surface area contributed by atoms with Crippen molar-refractivity contribution in [3.8, 4) is 0 Å². The third-order valence-corrected chi connectivity index (χ3v) is 5.51. The Morgan fingerprint density at radius 2 is 2.14 bits per heavy atom. The fourth-order valence-electron chi connectivity index (χ4n) is 2.38. The first kappa shape index (κ1) is 15.4. The van der Waals surface area contributed by atoms with Gasteiger partial charge in [0, 0.05) is 18.7 Å². The van der Waals surface area contributed by atoms with E-state index in [1.165, 1.54) is 19.1 Å². The lowest BCUT2D eigenvalue weighted by Crippen LogP contribution is -2.40. The first-order chi connectivity index (χ1) is 9.75. The van der Waals surface area contributed by atoms with Crippen molar-refractivity contribution in [2.45, 2.75) is 30.7 Å². The lowest BCUT2D eigenvalue weighted by atomic mass is 10.2. The van der Waals surface area contributed by atoms with E-state index in [0.717, 1.165) is 10.4 Å². The van der Waals surface area contributed by atoms with Crippen LogP contribution >= 0.6 is 0 Å². The summed E-state index contributed by atoms with van der Waals surface area (Å²) in [5, 5.41) is 19.9. The number of carboxylic acids is 1. The second-order valence-corrected chi connectivity index (χ2v) is 6.68. The van der Waals surface area contributed by atoms with E-state index in [1.807, 2.05) is 0 Å². The van der Waals surface area contributed by atoms with Gasteiger partial charge in [-0.2, -0.15) is 4.31 Å². The van der Waals surface area contributed by atoms with Crippen LogP contribution in [-0.4, -0.2) is 41.3 Å². The third-order valence-electron chi connectivity index (χ3n) is 3.46. The predicted molar refractivity (Wildman–Crippen MR) is 72.4 cm³/mol. The van der Waals surface area contributed by atoms with Gasteiger partial charge in [-0.3, -0.25) is 14.9 Å². The van der Waals surface area contributed by atoms with Gasteiger partial charge in [-0.1, -0.05) is 6.07 Å². The Bertz CT molecular complexity index is 700. The molecule has 0 aromatic heterocycles. The number of aryl methyl sites for hydroxylation is 1. The molecule has 2 rings (SSSR count). The molecule has 114 valence electrons. The van der Waals surface area contributed by atoms with Gasteiger partial charge < -0.3 is 5.11 Å². The van der Waals surface area contributed by atoms with Crippen molar-refractivity contribution in [2.75, 3.05) is 6.54 Å². The van der Waals surface area contributed by atoms with Crippen molar-refractivity contribution in [2.24, 2.45) is 0 Å². The summed E-state index contributed by atoms with van der Waals surface area (Å²) in [6, 6.07) is 2.42. The van der Waals surface area contributed by atoms with Gasteiger partial charge in [0.05, 0.1) is 9.82 Å².